The Morgan fingerprint density at radius 1 is 1.12 bits per heavy atom. The first-order valence-corrected chi connectivity index (χ1v) is 14.1. The van der Waals surface area contributed by atoms with Gasteiger partial charge in [-0.3, -0.25) is 4.79 Å². The van der Waals surface area contributed by atoms with Crippen molar-refractivity contribution in [3.63, 3.8) is 0 Å². The molecule has 3 aliphatic rings. The zero-order valence-electron chi connectivity index (χ0n) is 23.3. The van der Waals surface area contributed by atoms with E-state index in [4.69, 9.17) is 0 Å². The van der Waals surface area contributed by atoms with Crippen molar-refractivity contribution in [3.8, 4) is 0 Å². The summed E-state index contributed by atoms with van der Waals surface area (Å²) < 4.78 is 73.7. The molecule has 0 spiro atoms. The molecule has 12 heteroatoms. The van der Waals surface area contributed by atoms with Gasteiger partial charge in [-0.05, 0) is 80.0 Å². The zero-order valence-corrected chi connectivity index (χ0v) is 23.3. The van der Waals surface area contributed by atoms with Crippen molar-refractivity contribution in [1.29, 1.82) is 0 Å². The molecular formula is C30H32F5N5O2. The number of nitrogens with one attached hydrogen (secondary N) is 1. The minimum absolute atomic E-state index is 0.0101. The molecule has 42 heavy (non-hydrogen) atoms. The zero-order chi connectivity index (χ0) is 29.8. The number of benzene rings is 2. The van der Waals surface area contributed by atoms with Gasteiger partial charge in [0.1, 0.15) is 11.6 Å². The van der Waals surface area contributed by atoms with Gasteiger partial charge >= 0.3 is 12.8 Å². The quantitative estimate of drug-likeness (QED) is 0.306. The molecule has 0 saturated heterocycles. The first kappa shape index (κ1) is 28.7. The number of aromatic nitrogens is 3. The fourth-order valence-electron chi connectivity index (χ4n) is 6.17. The predicted octanol–water partition coefficient (Wildman–Crippen LogP) is 6.10. The molecule has 1 aliphatic heterocycles. The standard InChI is InChI=1S/C30H32F5N5O2/c1-29(7-4-8-29)36-15-18-10-22-23(24(11-18)30(33,34)35)16-40(27(22)41)20-6-3-5-17(9-20)12-25-37-38-26(39(25)2)19-13-21(14-19)42-28(31)32/h3,5-6,9-11,19,21,28,36H,4,7-8,12-16H2,1-2H3. The smallest absolute Gasteiger partial charge is 0.320 e. The van der Waals surface area contributed by atoms with E-state index in [0.717, 1.165) is 30.9 Å². The molecule has 1 N–H and O–H groups in total. The molecule has 2 aliphatic carbocycles. The van der Waals surface area contributed by atoms with Gasteiger partial charge in [-0.1, -0.05) is 12.1 Å². The Balaban J connectivity index is 1.19. The number of alkyl halides is 5. The van der Waals surface area contributed by atoms with Gasteiger partial charge in [-0.2, -0.15) is 22.0 Å². The molecular weight excluding hydrogens is 557 g/mol. The van der Waals surface area contributed by atoms with Crippen LogP contribution in [0.4, 0.5) is 27.6 Å². The van der Waals surface area contributed by atoms with E-state index < -0.39 is 30.4 Å². The fraction of sp³-hybridized carbons (Fsp3) is 0.500. The van der Waals surface area contributed by atoms with Crippen LogP contribution in [0.25, 0.3) is 0 Å². The largest absolute Gasteiger partial charge is 0.416 e. The molecule has 2 fully saturated rings. The normalized spacial score (nSPS) is 21.4. The fourth-order valence-corrected chi connectivity index (χ4v) is 6.17. The third kappa shape index (κ3) is 5.54. The third-order valence-electron chi connectivity index (χ3n) is 8.92. The first-order chi connectivity index (χ1) is 19.9. The second kappa shape index (κ2) is 10.7. The van der Waals surface area contributed by atoms with Crippen LogP contribution in [0.15, 0.2) is 36.4 Å². The van der Waals surface area contributed by atoms with Crippen LogP contribution in [0.5, 0.6) is 0 Å². The van der Waals surface area contributed by atoms with E-state index in [1.54, 1.807) is 24.3 Å². The Morgan fingerprint density at radius 2 is 1.88 bits per heavy atom. The van der Waals surface area contributed by atoms with E-state index in [2.05, 4.69) is 27.2 Å². The van der Waals surface area contributed by atoms with Crippen LogP contribution in [0.1, 0.15) is 89.2 Å². The minimum atomic E-state index is -4.59. The monoisotopic (exact) mass is 589 g/mol. The lowest BCUT2D eigenvalue weighted by molar-refractivity contribution is -0.184. The van der Waals surface area contributed by atoms with E-state index in [1.165, 1.54) is 4.90 Å². The molecule has 3 aromatic rings. The number of carbonyl (C=O) groups is 1. The number of halogens is 5. The molecule has 7 nitrogen and oxygen atoms in total. The van der Waals surface area contributed by atoms with Crippen LogP contribution in [0, 0.1) is 0 Å². The highest BCUT2D eigenvalue weighted by atomic mass is 19.4. The van der Waals surface area contributed by atoms with E-state index >= 15 is 0 Å². The molecule has 0 bridgehead atoms. The molecule has 2 aromatic carbocycles. The summed E-state index contributed by atoms with van der Waals surface area (Å²) in [6.07, 6.45) is -0.788. The van der Waals surface area contributed by atoms with E-state index in [9.17, 15) is 26.7 Å². The van der Waals surface area contributed by atoms with Gasteiger partial charge in [0, 0.05) is 42.7 Å². The van der Waals surface area contributed by atoms with Gasteiger partial charge in [0.05, 0.1) is 18.2 Å². The molecule has 0 unspecified atom stereocenters. The van der Waals surface area contributed by atoms with Gasteiger partial charge in [-0.15, -0.1) is 10.2 Å². The third-order valence-corrected chi connectivity index (χ3v) is 8.92. The summed E-state index contributed by atoms with van der Waals surface area (Å²) in [7, 11) is 1.81. The van der Waals surface area contributed by atoms with Crippen molar-refractivity contribution in [3.05, 3.63) is 75.9 Å². The summed E-state index contributed by atoms with van der Waals surface area (Å²) in [4.78, 5) is 14.9. The van der Waals surface area contributed by atoms with Crippen LogP contribution in [0.2, 0.25) is 0 Å². The highest BCUT2D eigenvalue weighted by Gasteiger charge is 2.41. The first-order valence-electron chi connectivity index (χ1n) is 14.1. The number of ether oxygens (including phenoxy) is 1. The lowest BCUT2D eigenvalue weighted by atomic mass is 9.78. The Morgan fingerprint density at radius 3 is 2.55 bits per heavy atom. The number of amides is 1. The Bertz CT molecular complexity index is 1490. The summed E-state index contributed by atoms with van der Waals surface area (Å²) in [6, 6.07) is 9.85. The van der Waals surface area contributed by atoms with E-state index in [-0.39, 0.29) is 35.7 Å². The maximum Gasteiger partial charge on any atom is 0.416 e. The molecule has 1 amide bonds. The molecule has 0 radical (unpaired) electrons. The number of nitrogens with zero attached hydrogens (tertiary/aromatic N) is 4. The maximum absolute atomic E-state index is 14.1. The SMILES string of the molecule is Cn1c(Cc2cccc(N3Cc4c(cc(CNC5(C)CCC5)cc4C(F)(F)F)C3=O)c2)nnc1C1CC(OC(F)F)C1. The van der Waals surface area contributed by atoms with Crippen molar-refractivity contribution in [1.82, 2.24) is 20.1 Å². The molecule has 0 atom stereocenters. The highest BCUT2D eigenvalue weighted by Crippen LogP contribution is 2.41. The summed E-state index contributed by atoms with van der Waals surface area (Å²) in [5.74, 6) is 0.854. The number of hydrogen-bond donors (Lipinski definition) is 1. The Labute approximate surface area is 240 Å². The minimum Gasteiger partial charge on any atom is -0.320 e. The molecule has 6 rings (SSSR count). The molecule has 2 heterocycles. The van der Waals surface area contributed by atoms with Crippen molar-refractivity contribution in [2.45, 2.75) is 88.9 Å². The number of rotatable bonds is 9. The van der Waals surface area contributed by atoms with E-state index in [1.807, 2.05) is 17.7 Å². The topological polar surface area (TPSA) is 72.3 Å². The molecule has 2 saturated carbocycles. The summed E-state index contributed by atoms with van der Waals surface area (Å²) in [5.41, 5.74) is 0.960. The van der Waals surface area contributed by atoms with Gasteiger partial charge in [0.15, 0.2) is 0 Å². The number of anilines is 1. The summed E-state index contributed by atoms with van der Waals surface area (Å²) in [5, 5.41) is 11.9. The molecule has 224 valence electrons. The van der Waals surface area contributed by atoms with Crippen molar-refractivity contribution >= 4 is 11.6 Å². The lowest BCUT2D eigenvalue weighted by Crippen LogP contribution is -2.47. The number of carbonyl (C=O) groups excluding carboxylic acids is 1. The van der Waals surface area contributed by atoms with Crippen molar-refractivity contribution in [2.24, 2.45) is 7.05 Å². The Kier molecular flexibility index (Phi) is 7.33. The predicted molar refractivity (Wildman–Crippen MR) is 144 cm³/mol. The summed E-state index contributed by atoms with van der Waals surface area (Å²) >= 11 is 0. The van der Waals surface area contributed by atoms with Gasteiger partial charge in [0.25, 0.3) is 5.91 Å². The van der Waals surface area contributed by atoms with Crippen molar-refractivity contribution in [2.75, 3.05) is 4.90 Å². The van der Waals surface area contributed by atoms with Crippen molar-refractivity contribution < 1.29 is 31.5 Å². The summed E-state index contributed by atoms with van der Waals surface area (Å²) in [6.45, 7) is -0.649. The number of hydrogen-bond acceptors (Lipinski definition) is 5. The van der Waals surface area contributed by atoms with Crippen LogP contribution in [-0.2, 0) is 37.5 Å². The van der Waals surface area contributed by atoms with Crippen LogP contribution < -0.4 is 10.2 Å². The van der Waals surface area contributed by atoms with Crippen LogP contribution in [-0.4, -0.2) is 38.9 Å². The van der Waals surface area contributed by atoms with Gasteiger partial charge in [0.2, 0.25) is 0 Å². The Hall–Kier alpha value is -3.38. The van der Waals surface area contributed by atoms with Crippen LogP contribution in [0.3, 0.4) is 0 Å². The average molecular weight is 590 g/mol. The number of fused-ring (bicyclic) bond motifs is 1. The highest BCUT2D eigenvalue weighted by molar-refractivity contribution is 6.10. The van der Waals surface area contributed by atoms with Gasteiger partial charge < -0.3 is 19.5 Å². The molecule has 1 aromatic heterocycles. The second-order valence-corrected chi connectivity index (χ2v) is 11.9. The average Bonchev–Trinajstić information content (AvgIpc) is 3.42. The lowest BCUT2D eigenvalue weighted by Gasteiger charge is -2.39. The maximum atomic E-state index is 14.1. The van der Waals surface area contributed by atoms with Crippen LogP contribution >= 0.6 is 0 Å². The second-order valence-electron chi connectivity index (χ2n) is 11.9. The van der Waals surface area contributed by atoms with Gasteiger partial charge in [-0.25, -0.2) is 0 Å². The van der Waals surface area contributed by atoms with E-state index in [0.29, 0.717) is 42.2 Å².